The van der Waals surface area contributed by atoms with Crippen LogP contribution in [0.25, 0.3) is 0 Å². The minimum absolute atomic E-state index is 0.0521. The molecule has 8 heteroatoms. The van der Waals surface area contributed by atoms with Gasteiger partial charge in [0.25, 0.3) is 0 Å². The van der Waals surface area contributed by atoms with Crippen molar-refractivity contribution in [3.8, 4) is 0 Å². The van der Waals surface area contributed by atoms with Crippen molar-refractivity contribution >= 4 is 23.3 Å². The highest BCUT2D eigenvalue weighted by atomic mass is 32.1. The number of thiazole rings is 1. The quantitative estimate of drug-likeness (QED) is 0.695. The molecule has 1 saturated carbocycles. The SMILES string of the molecule is CCN(CC(=O)O)C1CC(NC(=O)NC(C)(C)c2ncc(C)s2)C1. The van der Waals surface area contributed by atoms with E-state index >= 15 is 0 Å². The van der Waals surface area contributed by atoms with Gasteiger partial charge in [-0.1, -0.05) is 6.92 Å². The van der Waals surface area contributed by atoms with Crippen molar-refractivity contribution in [2.75, 3.05) is 13.1 Å². The lowest BCUT2D eigenvalue weighted by Crippen LogP contribution is -2.57. The molecule has 0 aliphatic heterocycles. The predicted molar refractivity (Wildman–Crippen MR) is 93.2 cm³/mol. The number of amides is 2. The van der Waals surface area contributed by atoms with E-state index in [2.05, 4.69) is 15.6 Å². The Morgan fingerprint density at radius 3 is 2.62 bits per heavy atom. The van der Waals surface area contributed by atoms with E-state index in [0.717, 1.165) is 22.7 Å². The van der Waals surface area contributed by atoms with Gasteiger partial charge in [-0.05, 0) is 40.2 Å². The van der Waals surface area contributed by atoms with Gasteiger partial charge in [-0.2, -0.15) is 0 Å². The monoisotopic (exact) mass is 354 g/mol. The van der Waals surface area contributed by atoms with Gasteiger partial charge in [-0.25, -0.2) is 9.78 Å². The first kappa shape index (κ1) is 18.7. The molecule has 0 unspecified atom stereocenters. The van der Waals surface area contributed by atoms with E-state index in [0.29, 0.717) is 6.54 Å². The van der Waals surface area contributed by atoms with Crippen molar-refractivity contribution in [1.29, 1.82) is 0 Å². The number of likely N-dealkylation sites (N-methyl/N-ethyl adjacent to an activating group) is 1. The molecule has 24 heavy (non-hydrogen) atoms. The molecule has 2 amide bonds. The second-order valence-corrected chi connectivity index (χ2v) is 8.01. The number of carboxylic acid groups (broad SMARTS) is 1. The molecule has 0 radical (unpaired) electrons. The van der Waals surface area contributed by atoms with Gasteiger partial charge in [-0.3, -0.25) is 9.69 Å². The third kappa shape index (κ3) is 4.67. The molecular weight excluding hydrogens is 328 g/mol. The predicted octanol–water partition coefficient (Wildman–Crippen LogP) is 1.92. The Morgan fingerprint density at radius 1 is 1.46 bits per heavy atom. The van der Waals surface area contributed by atoms with E-state index in [1.165, 1.54) is 0 Å². The molecule has 0 aromatic carbocycles. The van der Waals surface area contributed by atoms with Crippen molar-refractivity contribution in [3.05, 3.63) is 16.1 Å². The number of hydrogen-bond donors (Lipinski definition) is 3. The normalized spacial score (nSPS) is 20.5. The van der Waals surface area contributed by atoms with Crippen LogP contribution in [0.5, 0.6) is 0 Å². The topological polar surface area (TPSA) is 94.6 Å². The van der Waals surface area contributed by atoms with E-state index in [1.54, 1.807) is 17.5 Å². The number of hydrogen-bond acceptors (Lipinski definition) is 5. The second-order valence-electron chi connectivity index (χ2n) is 6.78. The standard InChI is InChI=1S/C16H26N4O3S/c1-5-20(9-13(21)22)12-6-11(7-12)18-15(23)19-16(3,4)14-17-8-10(2)24-14/h8,11-12H,5-7,9H2,1-4H3,(H,21,22)(H2,18,19,23). The number of aryl methyl sites for hydroxylation is 1. The summed E-state index contributed by atoms with van der Waals surface area (Å²) in [5.41, 5.74) is -0.523. The minimum atomic E-state index is -0.813. The number of carboxylic acids is 1. The van der Waals surface area contributed by atoms with Crippen molar-refractivity contribution in [1.82, 2.24) is 20.5 Å². The number of urea groups is 1. The Hall–Kier alpha value is -1.67. The summed E-state index contributed by atoms with van der Waals surface area (Å²) in [6, 6.07) is 0.107. The van der Waals surface area contributed by atoms with Crippen LogP contribution in [-0.4, -0.2) is 52.2 Å². The molecule has 0 atom stereocenters. The number of carbonyl (C=O) groups excluding carboxylic acids is 1. The highest BCUT2D eigenvalue weighted by Crippen LogP contribution is 2.27. The van der Waals surface area contributed by atoms with E-state index in [-0.39, 0.29) is 24.7 Å². The number of rotatable bonds is 7. The number of nitrogens with one attached hydrogen (secondary N) is 2. The van der Waals surface area contributed by atoms with Gasteiger partial charge in [-0.15, -0.1) is 11.3 Å². The summed E-state index contributed by atoms with van der Waals surface area (Å²) >= 11 is 1.57. The number of carbonyl (C=O) groups is 2. The first-order valence-corrected chi connectivity index (χ1v) is 9.00. The Balaban J connectivity index is 1.79. The average molecular weight is 354 g/mol. The van der Waals surface area contributed by atoms with Crippen LogP contribution >= 0.6 is 11.3 Å². The molecule has 3 N–H and O–H groups in total. The van der Waals surface area contributed by atoms with Crippen LogP contribution < -0.4 is 10.6 Å². The Morgan fingerprint density at radius 2 is 2.12 bits per heavy atom. The summed E-state index contributed by atoms with van der Waals surface area (Å²) in [5, 5.41) is 15.7. The maximum Gasteiger partial charge on any atom is 0.317 e. The van der Waals surface area contributed by atoms with Crippen molar-refractivity contribution < 1.29 is 14.7 Å². The lowest BCUT2D eigenvalue weighted by Gasteiger charge is -2.42. The highest BCUT2D eigenvalue weighted by Gasteiger charge is 2.35. The van der Waals surface area contributed by atoms with Crippen molar-refractivity contribution in [2.45, 2.75) is 58.2 Å². The van der Waals surface area contributed by atoms with Crippen LogP contribution in [0.1, 0.15) is 43.5 Å². The van der Waals surface area contributed by atoms with Crippen LogP contribution in [-0.2, 0) is 10.3 Å². The fourth-order valence-corrected chi connectivity index (χ4v) is 3.70. The fraction of sp³-hybridized carbons (Fsp3) is 0.688. The largest absolute Gasteiger partial charge is 0.480 e. The molecule has 1 fully saturated rings. The lowest BCUT2D eigenvalue weighted by molar-refractivity contribution is -0.139. The van der Waals surface area contributed by atoms with Gasteiger partial charge in [0, 0.05) is 23.2 Å². The van der Waals surface area contributed by atoms with Gasteiger partial charge in [0.2, 0.25) is 0 Å². The molecule has 0 saturated heterocycles. The fourth-order valence-electron chi connectivity index (χ4n) is 2.88. The molecule has 1 heterocycles. The van der Waals surface area contributed by atoms with Gasteiger partial charge in [0.1, 0.15) is 5.01 Å². The summed E-state index contributed by atoms with van der Waals surface area (Å²) in [5.74, 6) is -0.813. The number of aromatic nitrogens is 1. The molecule has 1 aliphatic rings. The molecule has 0 spiro atoms. The summed E-state index contributed by atoms with van der Waals surface area (Å²) in [6.45, 7) is 8.56. The van der Waals surface area contributed by atoms with E-state index < -0.39 is 11.5 Å². The van der Waals surface area contributed by atoms with Crippen LogP contribution in [0.4, 0.5) is 4.79 Å². The number of aliphatic carboxylic acids is 1. The second kappa shape index (κ2) is 7.48. The maximum absolute atomic E-state index is 12.2. The van der Waals surface area contributed by atoms with E-state index in [9.17, 15) is 9.59 Å². The lowest BCUT2D eigenvalue weighted by atomic mass is 9.85. The molecule has 7 nitrogen and oxygen atoms in total. The smallest absolute Gasteiger partial charge is 0.317 e. The van der Waals surface area contributed by atoms with Crippen molar-refractivity contribution in [3.63, 3.8) is 0 Å². The van der Waals surface area contributed by atoms with Gasteiger partial charge >= 0.3 is 12.0 Å². The Labute approximate surface area is 146 Å². The zero-order valence-electron chi connectivity index (χ0n) is 14.6. The first-order valence-electron chi connectivity index (χ1n) is 8.18. The zero-order valence-corrected chi connectivity index (χ0v) is 15.4. The summed E-state index contributed by atoms with van der Waals surface area (Å²) < 4.78 is 0. The van der Waals surface area contributed by atoms with E-state index in [4.69, 9.17) is 5.11 Å². The van der Waals surface area contributed by atoms with Gasteiger partial charge < -0.3 is 15.7 Å². The van der Waals surface area contributed by atoms with E-state index in [1.807, 2.05) is 32.6 Å². The average Bonchev–Trinajstić information content (AvgIpc) is 2.87. The maximum atomic E-state index is 12.2. The Kier molecular flexibility index (Phi) is 5.82. The molecular formula is C16H26N4O3S. The first-order chi connectivity index (χ1) is 11.2. The molecule has 2 rings (SSSR count). The van der Waals surface area contributed by atoms with Gasteiger partial charge in [0.15, 0.2) is 0 Å². The molecule has 1 aromatic heterocycles. The summed E-state index contributed by atoms with van der Waals surface area (Å²) in [7, 11) is 0. The van der Waals surface area contributed by atoms with Crippen LogP contribution in [0, 0.1) is 6.92 Å². The summed E-state index contributed by atoms with van der Waals surface area (Å²) in [4.78, 5) is 30.4. The molecule has 1 aliphatic carbocycles. The minimum Gasteiger partial charge on any atom is -0.480 e. The molecule has 1 aromatic rings. The third-order valence-electron chi connectivity index (χ3n) is 4.29. The van der Waals surface area contributed by atoms with Crippen LogP contribution in [0.2, 0.25) is 0 Å². The zero-order chi connectivity index (χ0) is 17.9. The highest BCUT2D eigenvalue weighted by molar-refractivity contribution is 7.11. The summed E-state index contributed by atoms with van der Waals surface area (Å²) in [6.07, 6.45) is 3.37. The van der Waals surface area contributed by atoms with Crippen molar-refractivity contribution in [2.24, 2.45) is 0 Å². The van der Waals surface area contributed by atoms with Crippen LogP contribution in [0.15, 0.2) is 6.20 Å². The van der Waals surface area contributed by atoms with Gasteiger partial charge in [0.05, 0.1) is 12.1 Å². The number of nitrogens with zero attached hydrogens (tertiary/aromatic N) is 2. The molecule has 0 bridgehead atoms. The molecule has 134 valence electrons. The Bertz CT molecular complexity index is 596. The third-order valence-corrected chi connectivity index (χ3v) is 5.53. The van der Waals surface area contributed by atoms with Crippen LogP contribution in [0.3, 0.4) is 0 Å².